The molecule has 2 aromatic rings. The highest BCUT2D eigenvalue weighted by molar-refractivity contribution is 7.88. The van der Waals surface area contributed by atoms with Gasteiger partial charge in [-0.05, 0) is 18.9 Å². The third-order valence-corrected chi connectivity index (χ3v) is 4.72. The number of aromatic nitrogens is 2. The number of sulfonamides is 1. The standard InChI is InChI=1S/C12H19N5O2S2/c1-3-8-7-9-10(16-12(13)17-11(9)20-8)14-5-4-6-15-21(2,18)19/h7,15H,3-6H2,1-2H3,(H3,13,14,16,17). The minimum absolute atomic E-state index is 0.240. The summed E-state index contributed by atoms with van der Waals surface area (Å²) in [7, 11) is -3.13. The van der Waals surface area contributed by atoms with Gasteiger partial charge in [0.25, 0.3) is 0 Å². The summed E-state index contributed by atoms with van der Waals surface area (Å²) in [4.78, 5) is 10.6. The first-order chi connectivity index (χ1) is 9.89. The van der Waals surface area contributed by atoms with E-state index in [2.05, 4.69) is 33.0 Å². The van der Waals surface area contributed by atoms with Crippen molar-refractivity contribution in [2.75, 3.05) is 30.4 Å². The maximum absolute atomic E-state index is 11.0. The first-order valence-electron chi connectivity index (χ1n) is 6.63. The van der Waals surface area contributed by atoms with Crippen LogP contribution in [0.2, 0.25) is 0 Å². The Bertz CT molecular complexity index is 727. The fourth-order valence-electron chi connectivity index (χ4n) is 1.85. The van der Waals surface area contributed by atoms with Crippen LogP contribution in [-0.4, -0.2) is 37.7 Å². The first-order valence-corrected chi connectivity index (χ1v) is 9.34. The number of hydrogen-bond donors (Lipinski definition) is 3. The van der Waals surface area contributed by atoms with Crippen molar-refractivity contribution in [2.24, 2.45) is 0 Å². The number of anilines is 2. The van der Waals surface area contributed by atoms with Crippen molar-refractivity contribution in [3.63, 3.8) is 0 Å². The molecule has 0 aliphatic heterocycles. The van der Waals surface area contributed by atoms with Gasteiger partial charge in [-0.2, -0.15) is 4.98 Å². The molecule has 4 N–H and O–H groups in total. The third-order valence-electron chi connectivity index (χ3n) is 2.82. The lowest BCUT2D eigenvalue weighted by Crippen LogP contribution is -2.24. The minimum Gasteiger partial charge on any atom is -0.369 e. The number of fused-ring (bicyclic) bond motifs is 1. The maximum Gasteiger partial charge on any atom is 0.223 e. The van der Waals surface area contributed by atoms with Crippen LogP contribution >= 0.6 is 11.3 Å². The summed E-state index contributed by atoms with van der Waals surface area (Å²) in [5.41, 5.74) is 5.72. The van der Waals surface area contributed by atoms with E-state index >= 15 is 0 Å². The van der Waals surface area contributed by atoms with Crippen molar-refractivity contribution in [3.05, 3.63) is 10.9 Å². The highest BCUT2D eigenvalue weighted by atomic mass is 32.2. The predicted octanol–water partition coefficient (Wildman–Crippen LogP) is 1.19. The van der Waals surface area contributed by atoms with Gasteiger partial charge >= 0.3 is 0 Å². The molecule has 2 aromatic heterocycles. The van der Waals surface area contributed by atoms with Gasteiger partial charge in [0.15, 0.2) is 0 Å². The van der Waals surface area contributed by atoms with Crippen LogP contribution in [-0.2, 0) is 16.4 Å². The normalized spacial score (nSPS) is 11.9. The lowest BCUT2D eigenvalue weighted by Gasteiger charge is -2.07. The molecule has 0 aliphatic rings. The van der Waals surface area contributed by atoms with E-state index in [4.69, 9.17) is 5.73 Å². The minimum atomic E-state index is -3.13. The highest BCUT2D eigenvalue weighted by Gasteiger charge is 2.09. The average molecular weight is 329 g/mol. The molecule has 0 saturated heterocycles. The number of thiophene rings is 1. The van der Waals surface area contributed by atoms with Gasteiger partial charge in [0.05, 0.1) is 11.6 Å². The summed E-state index contributed by atoms with van der Waals surface area (Å²) in [5.74, 6) is 0.941. The molecule has 0 aliphatic carbocycles. The number of nitrogen functional groups attached to an aromatic ring is 1. The van der Waals surface area contributed by atoms with Gasteiger partial charge in [-0.3, -0.25) is 0 Å². The van der Waals surface area contributed by atoms with Crippen LogP contribution in [0.1, 0.15) is 18.2 Å². The van der Waals surface area contributed by atoms with Crippen molar-refractivity contribution >= 4 is 43.3 Å². The molecule has 0 bridgehead atoms. The lowest BCUT2D eigenvalue weighted by molar-refractivity contribution is 0.586. The number of hydrogen-bond acceptors (Lipinski definition) is 7. The SMILES string of the molecule is CCc1cc2c(NCCCNS(C)(=O)=O)nc(N)nc2s1. The molecule has 0 aromatic carbocycles. The number of nitrogens with zero attached hydrogens (tertiary/aromatic N) is 2. The Labute approximate surface area is 128 Å². The molecule has 0 amide bonds. The molecule has 0 spiro atoms. The van der Waals surface area contributed by atoms with Crippen molar-refractivity contribution in [2.45, 2.75) is 19.8 Å². The summed E-state index contributed by atoms with van der Waals surface area (Å²) in [6.45, 7) is 3.08. The van der Waals surface area contributed by atoms with Gasteiger partial charge in [-0.25, -0.2) is 18.1 Å². The van der Waals surface area contributed by atoms with E-state index in [1.807, 2.05) is 0 Å². The molecular weight excluding hydrogens is 310 g/mol. The molecule has 0 atom stereocenters. The molecular formula is C12H19N5O2S2. The van der Waals surface area contributed by atoms with Crippen LogP contribution < -0.4 is 15.8 Å². The van der Waals surface area contributed by atoms with Gasteiger partial charge in [-0.15, -0.1) is 11.3 Å². The Morgan fingerprint density at radius 3 is 2.76 bits per heavy atom. The van der Waals surface area contributed by atoms with E-state index in [0.717, 1.165) is 22.9 Å². The second kappa shape index (κ2) is 6.54. The molecule has 7 nitrogen and oxygen atoms in total. The van der Waals surface area contributed by atoms with Crippen molar-refractivity contribution < 1.29 is 8.42 Å². The number of nitrogens with one attached hydrogen (secondary N) is 2. The van der Waals surface area contributed by atoms with E-state index < -0.39 is 10.0 Å². The molecule has 0 fully saturated rings. The lowest BCUT2D eigenvalue weighted by atomic mass is 10.3. The maximum atomic E-state index is 11.0. The Hall–Kier alpha value is -1.45. The highest BCUT2D eigenvalue weighted by Crippen LogP contribution is 2.29. The zero-order chi connectivity index (χ0) is 15.5. The number of nitrogens with two attached hydrogens (primary N) is 1. The topological polar surface area (TPSA) is 110 Å². The Kier molecular flexibility index (Phi) is 4.96. The molecule has 0 unspecified atom stereocenters. The summed E-state index contributed by atoms with van der Waals surface area (Å²) in [5, 5.41) is 4.15. The fourth-order valence-corrected chi connectivity index (χ4v) is 3.34. The Morgan fingerprint density at radius 2 is 2.10 bits per heavy atom. The van der Waals surface area contributed by atoms with E-state index in [1.165, 1.54) is 4.88 Å². The predicted molar refractivity (Wildman–Crippen MR) is 87.2 cm³/mol. The van der Waals surface area contributed by atoms with E-state index in [1.54, 1.807) is 11.3 Å². The van der Waals surface area contributed by atoms with Gasteiger partial charge in [-0.1, -0.05) is 6.92 Å². The Morgan fingerprint density at radius 1 is 1.33 bits per heavy atom. The second-order valence-electron chi connectivity index (χ2n) is 4.66. The molecule has 2 heterocycles. The first kappa shape index (κ1) is 15.9. The van der Waals surface area contributed by atoms with Crippen molar-refractivity contribution in [1.82, 2.24) is 14.7 Å². The number of aryl methyl sites for hydroxylation is 1. The largest absolute Gasteiger partial charge is 0.369 e. The Balaban J connectivity index is 2.02. The molecule has 2 rings (SSSR count). The zero-order valence-electron chi connectivity index (χ0n) is 12.0. The quantitative estimate of drug-likeness (QED) is 0.658. The van der Waals surface area contributed by atoms with Gasteiger partial charge in [0.2, 0.25) is 16.0 Å². The van der Waals surface area contributed by atoms with E-state index in [0.29, 0.717) is 25.3 Å². The zero-order valence-corrected chi connectivity index (χ0v) is 13.6. The van der Waals surface area contributed by atoms with Crippen LogP contribution in [0.3, 0.4) is 0 Å². The summed E-state index contributed by atoms with van der Waals surface area (Å²) in [6.07, 6.45) is 2.74. The van der Waals surface area contributed by atoms with Crippen LogP contribution in [0.15, 0.2) is 6.07 Å². The van der Waals surface area contributed by atoms with Gasteiger partial charge in [0.1, 0.15) is 10.6 Å². The smallest absolute Gasteiger partial charge is 0.223 e. The summed E-state index contributed by atoms with van der Waals surface area (Å²) >= 11 is 1.61. The average Bonchev–Trinajstić information content (AvgIpc) is 2.79. The van der Waals surface area contributed by atoms with Gasteiger partial charge < -0.3 is 11.1 Å². The van der Waals surface area contributed by atoms with E-state index in [-0.39, 0.29) is 5.95 Å². The van der Waals surface area contributed by atoms with Gasteiger partial charge in [0, 0.05) is 18.0 Å². The van der Waals surface area contributed by atoms with Crippen molar-refractivity contribution in [3.8, 4) is 0 Å². The molecule has 116 valence electrons. The summed E-state index contributed by atoms with van der Waals surface area (Å²) < 4.78 is 24.4. The van der Waals surface area contributed by atoms with Crippen LogP contribution in [0.5, 0.6) is 0 Å². The molecule has 21 heavy (non-hydrogen) atoms. The fraction of sp³-hybridized carbons (Fsp3) is 0.500. The summed E-state index contributed by atoms with van der Waals surface area (Å²) in [6, 6.07) is 2.07. The monoisotopic (exact) mass is 329 g/mol. The second-order valence-corrected chi connectivity index (χ2v) is 7.61. The van der Waals surface area contributed by atoms with Crippen LogP contribution in [0.25, 0.3) is 10.2 Å². The number of rotatable bonds is 7. The van der Waals surface area contributed by atoms with Crippen molar-refractivity contribution in [1.29, 1.82) is 0 Å². The molecule has 9 heteroatoms. The van der Waals surface area contributed by atoms with Crippen LogP contribution in [0.4, 0.5) is 11.8 Å². The third kappa shape index (κ3) is 4.51. The molecule has 0 radical (unpaired) electrons. The van der Waals surface area contributed by atoms with Crippen LogP contribution in [0, 0.1) is 0 Å². The molecule has 0 saturated carbocycles. The van der Waals surface area contributed by atoms with E-state index in [9.17, 15) is 8.42 Å².